The van der Waals surface area contributed by atoms with E-state index >= 15 is 0 Å². The molecule has 0 saturated carbocycles. The van der Waals surface area contributed by atoms with Gasteiger partial charge in [0.2, 0.25) is 0 Å². The minimum absolute atomic E-state index is 0.172. The second-order valence-corrected chi connectivity index (χ2v) is 8.86. The number of amides is 2. The van der Waals surface area contributed by atoms with Gasteiger partial charge in [0, 0.05) is 43.5 Å². The maximum atomic E-state index is 13.5. The quantitative estimate of drug-likeness (QED) is 0.397. The molecule has 2 amide bonds. The molecular formula is C27H28N4O4. The average molecular weight is 473 g/mol. The summed E-state index contributed by atoms with van der Waals surface area (Å²) in [5.74, 6) is -0.0968. The predicted molar refractivity (Wildman–Crippen MR) is 134 cm³/mol. The molecule has 1 saturated heterocycles. The van der Waals surface area contributed by atoms with Crippen molar-refractivity contribution in [2.24, 2.45) is 0 Å². The number of aryl methyl sites for hydroxylation is 1. The first-order valence-corrected chi connectivity index (χ1v) is 12.1. The lowest BCUT2D eigenvalue weighted by Gasteiger charge is -2.34. The number of para-hydroxylation sites is 1. The van der Waals surface area contributed by atoms with Gasteiger partial charge in [0.05, 0.1) is 5.39 Å². The third-order valence-electron chi connectivity index (χ3n) is 6.53. The van der Waals surface area contributed by atoms with Crippen LogP contribution in [0.15, 0.2) is 63.8 Å². The molecule has 8 nitrogen and oxygen atoms in total. The number of rotatable bonds is 6. The molecule has 2 aromatic heterocycles. The summed E-state index contributed by atoms with van der Waals surface area (Å²) in [7, 11) is 0. The van der Waals surface area contributed by atoms with Gasteiger partial charge < -0.3 is 14.2 Å². The zero-order chi connectivity index (χ0) is 24.4. The minimum atomic E-state index is -0.221. The Bertz CT molecular complexity index is 1410. The summed E-state index contributed by atoms with van der Waals surface area (Å²) < 4.78 is 7.15. The van der Waals surface area contributed by atoms with Crippen LogP contribution < -0.4 is 5.56 Å². The SMILES string of the molecule is CCCCCn1nc(C(=O)N2CCN(C(=O)c3cc4ccccc4o3)CC2)c2ccccc2c1=O. The molecule has 2 aromatic carbocycles. The zero-order valence-electron chi connectivity index (χ0n) is 19.8. The van der Waals surface area contributed by atoms with Gasteiger partial charge in [-0.15, -0.1) is 0 Å². The van der Waals surface area contributed by atoms with E-state index in [0.717, 1.165) is 24.6 Å². The van der Waals surface area contributed by atoms with Crippen LogP contribution in [0.2, 0.25) is 0 Å². The lowest BCUT2D eigenvalue weighted by Crippen LogP contribution is -2.51. The Morgan fingerprint density at radius 2 is 1.54 bits per heavy atom. The normalized spacial score (nSPS) is 14.1. The predicted octanol–water partition coefficient (Wildman–Crippen LogP) is 3.93. The second-order valence-electron chi connectivity index (χ2n) is 8.86. The first-order chi connectivity index (χ1) is 17.1. The molecule has 8 heteroatoms. The van der Waals surface area contributed by atoms with E-state index < -0.39 is 0 Å². The Balaban J connectivity index is 1.34. The van der Waals surface area contributed by atoms with Crippen LogP contribution in [0, 0.1) is 0 Å². The van der Waals surface area contributed by atoms with Gasteiger partial charge >= 0.3 is 0 Å². The van der Waals surface area contributed by atoms with E-state index in [4.69, 9.17) is 4.42 Å². The van der Waals surface area contributed by atoms with Crippen molar-refractivity contribution in [1.29, 1.82) is 0 Å². The van der Waals surface area contributed by atoms with Crippen molar-refractivity contribution in [2.75, 3.05) is 26.2 Å². The molecule has 0 radical (unpaired) electrons. The van der Waals surface area contributed by atoms with Crippen LogP contribution in [-0.4, -0.2) is 57.6 Å². The van der Waals surface area contributed by atoms with Crippen LogP contribution in [0.25, 0.3) is 21.7 Å². The summed E-state index contributed by atoms with van der Waals surface area (Å²) >= 11 is 0. The number of furan rings is 1. The molecule has 1 aliphatic rings. The highest BCUT2D eigenvalue weighted by molar-refractivity contribution is 6.05. The first-order valence-electron chi connectivity index (χ1n) is 12.1. The van der Waals surface area contributed by atoms with E-state index in [-0.39, 0.29) is 23.1 Å². The van der Waals surface area contributed by atoms with E-state index in [0.29, 0.717) is 54.8 Å². The topological polar surface area (TPSA) is 88.7 Å². The molecule has 0 unspecified atom stereocenters. The van der Waals surface area contributed by atoms with Gasteiger partial charge in [-0.2, -0.15) is 5.10 Å². The number of benzene rings is 2. The minimum Gasteiger partial charge on any atom is -0.451 e. The number of unbranched alkanes of at least 4 members (excludes halogenated alkanes) is 2. The van der Waals surface area contributed by atoms with Crippen LogP contribution in [-0.2, 0) is 6.54 Å². The summed E-state index contributed by atoms with van der Waals surface area (Å²) in [6, 6.07) is 16.4. The summed E-state index contributed by atoms with van der Waals surface area (Å²) in [4.78, 5) is 42.8. The first kappa shape index (κ1) is 22.8. The smallest absolute Gasteiger partial charge is 0.289 e. The highest BCUT2D eigenvalue weighted by Crippen LogP contribution is 2.21. The van der Waals surface area contributed by atoms with Crippen LogP contribution >= 0.6 is 0 Å². The Morgan fingerprint density at radius 3 is 2.26 bits per heavy atom. The van der Waals surface area contributed by atoms with Crippen molar-refractivity contribution in [3.8, 4) is 0 Å². The Morgan fingerprint density at radius 1 is 0.886 bits per heavy atom. The van der Waals surface area contributed by atoms with E-state index in [2.05, 4.69) is 12.0 Å². The van der Waals surface area contributed by atoms with Crippen molar-refractivity contribution < 1.29 is 14.0 Å². The third kappa shape index (κ3) is 4.43. The average Bonchev–Trinajstić information content (AvgIpc) is 3.34. The summed E-state index contributed by atoms with van der Waals surface area (Å²) in [6.07, 6.45) is 2.86. The lowest BCUT2D eigenvalue weighted by atomic mass is 10.1. The third-order valence-corrected chi connectivity index (χ3v) is 6.53. The molecule has 4 aromatic rings. The van der Waals surface area contributed by atoms with E-state index in [9.17, 15) is 14.4 Å². The van der Waals surface area contributed by atoms with Gasteiger partial charge in [-0.05, 0) is 24.6 Å². The number of piperazine rings is 1. The molecule has 0 spiro atoms. The molecule has 0 bridgehead atoms. The van der Waals surface area contributed by atoms with Gasteiger partial charge in [-0.25, -0.2) is 4.68 Å². The lowest BCUT2D eigenvalue weighted by molar-refractivity contribution is 0.0516. The maximum absolute atomic E-state index is 13.5. The maximum Gasteiger partial charge on any atom is 0.289 e. The van der Waals surface area contributed by atoms with Gasteiger partial charge in [0.25, 0.3) is 17.4 Å². The number of hydrogen-bond acceptors (Lipinski definition) is 5. The van der Waals surface area contributed by atoms with Crippen molar-refractivity contribution >= 4 is 33.6 Å². The highest BCUT2D eigenvalue weighted by Gasteiger charge is 2.29. The zero-order valence-corrected chi connectivity index (χ0v) is 19.8. The number of carbonyl (C=O) groups excluding carboxylic acids is 2. The van der Waals surface area contributed by atoms with Crippen molar-refractivity contribution in [3.05, 3.63) is 76.4 Å². The number of fused-ring (bicyclic) bond motifs is 2. The Labute approximate surface area is 202 Å². The largest absolute Gasteiger partial charge is 0.451 e. The number of aromatic nitrogens is 2. The standard InChI is InChI=1S/C27H28N4O4/c1-2-3-8-13-31-25(32)21-11-6-5-10-20(21)24(28-31)27(34)30-16-14-29(15-17-30)26(33)23-18-19-9-4-7-12-22(19)35-23/h4-7,9-12,18H,2-3,8,13-17H2,1H3. The number of nitrogens with zero attached hydrogens (tertiary/aromatic N) is 4. The highest BCUT2D eigenvalue weighted by atomic mass is 16.3. The van der Waals surface area contributed by atoms with E-state index in [1.54, 1.807) is 34.1 Å². The van der Waals surface area contributed by atoms with Crippen LogP contribution in [0.1, 0.15) is 47.2 Å². The van der Waals surface area contributed by atoms with Gasteiger partial charge in [-0.3, -0.25) is 14.4 Å². The molecule has 0 N–H and O–H groups in total. The molecular weight excluding hydrogens is 444 g/mol. The van der Waals surface area contributed by atoms with Crippen LogP contribution in [0.3, 0.4) is 0 Å². The fourth-order valence-corrected chi connectivity index (χ4v) is 4.56. The Hall–Kier alpha value is -3.94. The van der Waals surface area contributed by atoms with Gasteiger partial charge in [0.15, 0.2) is 11.5 Å². The fourth-order valence-electron chi connectivity index (χ4n) is 4.56. The van der Waals surface area contributed by atoms with Gasteiger partial charge in [0.1, 0.15) is 5.58 Å². The fraction of sp³-hybridized carbons (Fsp3) is 0.333. The monoisotopic (exact) mass is 472 g/mol. The molecule has 180 valence electrons. The second kappa shape index (κ2) is 9.74. The number of carbonyl (C=O) groups is 2. The van der Waals surface area contributed by atoms with Crippen LogP contribution in [0.5, 0.6) is 0 Å². The van der Waals surface area contributed by atoms with Crippen molar-refractivity contribution in [3.63, 3.8) is 0 Å². The van der Waals surface area contributed by atoms with E-state index in [1.165, 1.54) is 4.68 Å². The van der Waals surface area contributed by atoms with E-state index in [1.807, 2.05) is 30.3 Å². The molecule has 1 fully saturated rings. The molecule has 35 heavy (non-hydrogen) atoms. The molecule has 3 heterocycles. The summed E-state index contributed by atoms with van der Waals surface area (Å²) in [5, 5.41) is 6.44. The van der Waals surface area contributed by atoms with Crippen molar-refractivity contribution in [2.45, 2.75) is 32.7 Å². The number of hydrogen-bond donors (Lipinski definition) is 0. The molecule has 0 atom stereocenters. The van der Waals surface area contributed by atoms with Crippen LogP contribution in [0.4, 0.5) is 0 Å². The molecule has 1 aliphatic heterocycles. The van der Waals surface area contributed by atoms with Crippen molar-refractivity contribution in [1.82, 2.24) is 19.6 Å². The summed E-state index contributed by atoms with van der Waals surface area (Å²) in [6.45, 7) is 4.15. The summed E-state index contributed by atoms with van der Waals surface area (Å²) in [5.41, 5.74) is 0.792. The molecule has 5 rings (SSSR count). The van der Waals surface area contributed by atoms with Gasteiger partial charge in [-0.1, -0.05) is 56.2 Å². The molecule has 0 aliphatic carbocycles. The Kier molecular flexibility index (Phi) is 6.35.